The van der Waals surface area contributed by atoms with Gasteiger partial charge in [-0.15, -0.1) is 0 Å². The molecule has 0 spiro atoms. The average Bonchev–Trinajstić information content (AvgIpc) is 3.23. The molecule has 1 saturated heterocycles. The molecule has 1 aliphatic rings. The normalized spacial score (nSPS) is 16.7. The second-order valence-electron chi connectivity index (χ2n) is 7.51. The maximum absolute atomic E-state index is 13.6. The fourth-order valence-corrected chi connectivity index (χ4v) is 3.94. The molecule has 0 saturated carbocycles. The van der Waals surface area contributed by atoms with Crippen LogP contribution in [0.1, 0.15) is 35.1 Å². The van der Waals surface area contributed by atoms with E-state index in [-0.39, 0.29) is 17.6 Å². The Labute approximate surface area is 173 Å². The molecule has 1 aromatic carbocycles. The smallest absolute Gasteiger partial charge is 0.272 e. The van der Waals surface area contributed by atoms with Gasteiger partial charge in [0.2, 0.25) is 0 Å². The summed E-state index contributed by atoms with van der Waals surface area (Å²) >= 11 is 0. The highest BCUT2D eigenvalue weighted by molar-refractivity contribution is 5.92. The van der Waals surface area contributed by atoms with Crippen LogP contribution in [0.5, 0.6) is 0 Å². The molecule has 3 aromatic heterocycles. The Morgan fingerprint density at radius 2 is 2.00 bits per heavy atom. The first kappa shape index (κ1) is 18.4. The number of likely N-dealkylation sites (tertiary alicyclic amines) is 1. The molecule has 150 valence electrons. The third kappa shape index (κ3) is 3.54. The Kier molecular flexibility index (Phi) is 4.71. The predicted octanol–water partition coefficient (Wildman–Crippen LogP) is 3.95. The zero-order chi connectivity index (χ0) is 20.5. The highest BCUT2D eigenvalue weighted by Gasteiger charge is 2.28. The van der Waals surface area contributed by atoms with Gasteiger partial charge in [-0.05, 0) is 54.8 Å². The molecule has 7 heteroatoms. The van der Waals surface area contributed by atoms with Gasteiger partial charge in [0.25, 0.3) is 5.91 Å². The number of benzene rings is 1. The first-order chi connectivity index (χ1) is 14.7. The van der Waals surface area contributed by atoms with Crippen molar-refractivity contribution < 1.29 is 9.18 Å². The molecule has 1 amide bonds. The van der Waals surface area contributed by atoms with Gasteiger partial charge in [0.1, 0.15) is 11.5 Å². The molecule has 0 aliphatic carbocycles. The second-order valence-corrected chi connectivity index (χ2v) is 7.51. The summed E-state index contributed by atoms with van der Waals surface area (Å²) in [4.78, 5) is 23.5. The van der Waals surface area contributed by atoms with Crippen LogP contribution in [0.3, 0.4) is 0 Å². The Morgan fingerprint density at radius 1 is 1.07 bits per heavy atom. The first-order valence-electron chi connectivity index (χ1n) is 10.00. The van der Waals surface area contributed by atoms with Gasteiger partial charge in [-0.25, -0.2) is 13.9 Å². The maximum atomic E-state index is 13.6. The van der Waals surface area contributed by atoms with E-state index in [0.717, 1.165) is 35.4 Å². The average molecular weight is 401 g/mol. The van der Waals surface area contributed by atoms with Crippen molar-refractivity contribution in [3.8, 4) is 11.1 Å². The molecule has 0 bridgehead atoms. The molecule has 1 atom stereocenters. The number of nitrogens with zero attached hydrogens (tertiary/aromatic N) is 5. The van der Waals surface area contributed by atoms with Crippen molar-refractivity contribution in [3.63, 3.8) is 0 Å². The molecule has 0 radical (unpaired) electrons. The minimum Gasteiger partial charge on any atom is -0.337 e. The van der Waals surface area contributed by atoms with Crippen LogP contribution in [-0.4, -0.2) is 43.5 Å². The van der Waals surface area contributed by atoms with E-state index < -0.39 is 0 Å². The molecule has 1 aliphatic heterocycles. The number of carbonyl (C=O) groups is 1. The largest absolute Gasteiger partial charge is 0.337 e. The molecule has 6 nitrogen and oxygen atoms in total. The molecule has 1 fully saturated rings. The molecule has 5 rings (SSSR count). The number of fused-ring (bicyclic) bond motifs is 1. The minimum atomic E-state index is -0.272. The van der Waals surface area contributed by atoms with Crippen LogP contribution < -0.4 is 0 Å². The fourth-order valence-electron chi connectivity index (χ4n) is 3.94. The molecular formula is C23H20FN5O. The quantitative estimate of drug-likeness (QED) is 0.521. The summed E-state index contributed by atoms with van der Waals surface area (Å²) < 4.78 is 15.3. The number of hydrogen-bond donors (Lipinski definition) is 0. The SMILES string of the molecule is O=C(c1ccccn1)N1CCCC(c2nc3ccc(-c4cccc(F)c4)cn3n2)C1. The lowest BCUT2D eigenvalue weighted by molar-refractivity contribution is 0.0698. The molecule has 30 heavy (non-hydrogen) atoms. The van der Waals surface area contributed by atoms with E-state index in [1.165, 1.54) is 12.1 Å². The number of rotatable bonds is 3. The number of piperidine rings is 1. The van der Waals surface area contributed by atoms with Crippen LogP contribution in [0, 0.1) is 5.82 Å². The molecule has 4 heterocycles. The van der Waals surface area contributed by atoms with Gasteiger partial charge in [-0.2, -0.15) is 5.10 Å². The second kappa shape index (κ2) is 7.67. The number of aromatic nitrogens is 4. The Bertz CT molecular complexity index is 1210. The van der Waals surface area contributed by atoms with E-state index in [9.17, 15) is 9.18 Å². The summed E-state index contributed by atoms with van der Waals surface area (Å²) in [6.07, 6.45) is 5.32. The van der Waals surface area contributed by atoms with E-state index in [2.05, 4.69) is 15.1 Å². The number of pyridine rings is 2. The van der Waals surface area contributed by atoms with Gasteiger partial charge in [-0.3, -0.25) is 9.78 Å². The zero-order valence-electron chi connectivity index (χ0n) is 16.3. The van der Waals surface area contributed by atoms with Crippen LogP contribution >= 0.6 is 0 Å². The van der Waals surface area contributed by atoms with Crippen LogP contribution in [-0.2, 0) is 0 Å². The summed E-state index contributed by atoms with van der Waals surface area (Å²) in [5, 5.41) is 4.67. The highest BCUT2D eigenvalue weighted by atomic mass is 19.1. The van der Waals surface area contributed by atoms with Crippen molar-refractivity contribution in [3.05, 3.63) is 84.3 Å². The van der Waals surface area contributed by atoms with Crippen molar-refractivity contribution >= 4 is 11.6 Å². The van der Waals surface area contributed by atoms with E-state index >= 15 is 0 Å². The van der Waals surface area contributed by atoms with Crippen molar-refractivity contribution in [1.82, 2.24) is 24.5 Å². The van der Waals surface area contributed by atoms with E-state index in [1.54, 1.807) is 28.9 Å². The lowest BCUT2D eigenvalue weighted by atomic mass is 9.97. The molecule has 0 N–H and O–H groups in total. The van der Waals surface area contributed by atoms with Crippen molar-refractivity contribution in [1.29, 1.82) is 0 Å². The van der Waals surface area contributed by atoms with Crippen LogP contribution in [0.15, 0.2) is 67.0 Å². The van der Waals surface area contributed by atoms with Crippen molar-refractivity contribution in [2.24, 2.45) is 0 Å². The number of hydrogen-bond acceptors (Lipinski definition) is 4. The lowest BCUT2D eigenvalue weighted by Gasteiger charge is -2.31. The summed E-state index contributed by atoms with van der Waals surface area (Å²) in [6.45, 7) is 1.28. The summed E-state index contributed by atoms with van der Waals surface area (Å²) in [5.41, 5.74) is 2.85. The molecule has 1 unspecified atom stereocenters. The summed E-state index contributed by atoms with van der Waals surface area (Å²) in [6, 6.07) is 15.6. The van der Waals surface area contributed by atoms with Gasteiger partial charge in [0, 0.05) is 37.0 Å². The topological polar surface area (TPSA) is 63.4 Å². The Balaban J connectivity index is 1.39. The summed E-state index contributed by atoms with van der Waals surface area (Å²) in [5.74, 6) is 0.470. The standard InChI is InChI=1S/C23H20FN5O/c24-19-7-3-5-16(13-19)17-9-10-21-26-22(27-29(21)15-17)18-6-4-12-28(14-18)23(30)20-8-1-2-11-25-20/h1-3,5,7-11,13,15,18H,4,6,12,14H2. The highest BCUT2D eigenvalue weighted by Crippen LogP contribution is 2.27. The monoisotopic (exact) mass is 401 g/mol. The van der Waals surface area contributed by atoms with Crippen molar-refractivity contribution in [2.45, 2.75) is 18.8 Å². The lowest BCUT2D eigenvalue weighted by Crippen LogP contribution is -2.39. The van der Waals surface area contributed by atoms with Crippen LogP contribution in [0.25, 0.3) is 16.8 Å². The summed E-state index contributed by atoms with van der Waals surface area (Å²) in [7, 11) is 0. The van der Waals surface area contributed by atoms with Gasteiger partial charge in [-0.1, -0.05) is 18.2 Å². The number of amides is 1. The molecular weight excluding hydrogens is 381 g/mol. The van der Waals surface area contributed by atoms with Crippen molar-refractivity contribution in [2.75, 3.05) is 13.1 Å². The Hall–Kier alpha value is -3.61. The molecule has 4 aromatic rings. The number of carbonyl (C=O) groups excluding carboxylic acids is 1. The van der Waals surface area contributed by atoms with E-state index in [1.807, 2.05) is 35.4 Å². The Morgan fingerprint density at radius 3 is 2.83 bits per heavy atom. The van der Waals surface area contributed by atoms with E-state index in [0.29, 0.717) is 18.8 Å². The first-order valence-corrected chi connectivity index (χ1v) is 10.00. The van der Waals surface area contributed by atoms with E-state index in [4.69, 9.17) is 0 Å². The van der Waals surface area contributed by atoms with Gasteiger partial charge < -0.3 is 4.90 Å². The van der Waals surface area contributed by atoms with Crippen LogP contribution in [0.4, 0.5) is 4.39 Å². The third-order valence-electron chi connectivity index (χ3n) is 5.46. The van der Waals surface area contributed by atoms with Gasteiger partial charge >= 0.3 is 0 Å². The fraction of sp³-hybridized carbons (Fsp3) is 0.217. The zero-order valence-corrected chi connectivity index (χ0v) is 16.3. The number of halogens is 1. The maximum Gasteiger partial charge on any atom is 0.272 e. The minimum absolute atomic E-state index is 0.0579. The van der Waals surface area contributed by atoms with Gasteiger partial charge in [0.05, 0.1) is 0 Å². The van der Waals surface area contributed by atoms with Crippen LogP contribution in [0.2, 0.25) is 0 Å². The van der Waals surface area contributed by atoms with Gasteiger partial charge in [0.15, 0.2) is 11.5 Å². The third-order valence-corrected chi connectivity index (χ3v) is 5.46. The predicted molar refractivity (Wildman–Crippen MR) is 110 cm³/mol.